The van der Waals surface area contributed by atoms with Crippen LogP contribution in [0.15, 0.2) is 48.5 Å². The van der Waals surface area contributed by atoms with E-state index in [1.54, 1.807) is 35.2 Å². The van der Waals surface area contributed by atoms with Crippen LogP contribution in [0.25, 0.3) is 6.08 Å². The van der Waals surface area contributed by atoms with E-state index in [4.69, 9.17) is 9.47 Å². The maximum absolute atomic E-state index is 13.0. The molecule has 2 aliphatic heterocycles. The molecule has 4 rings (SSSR count). The van der Waals surface area contributed by atoms with Crippen LogP contribution in [-0.2, 0) is 9.59 Å². The second-order valence-corrected chi connectivity index (χ2v) is 6.34. The predicted octanol–water partition coefficient (Wildman–Crippen LogP) is 2.49. The Labute approximate surface area is 155 Å². The van der Waals surface area contributed by atoms with Gasteiger partial charge in [-0.2, -0.15) is 0 Å². The normalized spacial score (nSPS) is 18.3. The molecular formula is C20H17FN2O4. The molecule has 138 valence electrons. The Balaban J connectivity index is 1.36. The number of anilines is 1. The second-order valence-electron chi connectivity index (χ2n) is 6.34. The lowest BCUT2D eigenvalue weighted by Gasteiger charge is -2.16. The summed E-state index contributed by atoms with van der Waals surface area (Å²) in [5.41, 5.74) is 1.43. The van der Waals surface area contributed by atoms with Gasteiger partial charge in [0.15, 0.2) is 11.5 Å². The molecule has 2 aliphatic rings. The Hall–Kier alpha value is -3.35. The number of amides is 2. The summed E-state index contributed by atoms with van der Waals surface area (Å²) in [5, 5.41) is 2.82. The number of halogens is 1. The van der Waals surface area contributed by atoms with Gasteiger partial charge < -0.3 is 19.7 Å². The summed E-state index contributed by atoms with van der Waals surface area (Å²) >= 11 is 0. The van der Waals surface area contributed by atoms with Gasteiger partial charge in [-0.3, -0.25) is 9.59 Å². The minimum absolute atomic E-state index is 0.105. The molecule has 0 saturated carbocycles. The van der Waals surface area contributed by atoms with Crippen molar-refractivity contribution >= 4 is 23.6 Å². The standard InChI is InChI=1S/C20H17FN2O4/c21-14-3-5-16(6-4-14)23-11-15(10-20(23)25)22-19(24)8-2-13-1-7-17-18(9-13)27-12-26-17/h1-9,15H,10-12H2,(H,22,24)/b8-2-/t15-/m1/s1. The fourth-order valence-electron chi connectivity index (χ4n) is 3.11. The minimum Gasteiger partial charge on any atom is -0.454 e. The molecule has 0 bridgehead atoms. The number of rotatable bonds is 4. The lowest BCUT2D eigenvalue weighted by Crippen LogP contribution is -2.36. The van der Waals surface area contributed by atoms with Crippen LogP contribution in [-0.4, -0.2) is 31.2 Å². The highest BCUT2D eigenvalue weighted by atomic mass is 19.1. The average Bonchev–Trinajstić information content (AvgIpc) is 3.26. The van der Waals surface area contributed by atoms with Gasteiger partial charge in [0.25, 0.3) is 0 Å². The number of fused-ring (bicyclic) bond motifs is 1. The zero-order valence-corrected chi connectivity index (χ0v) is 14.4. The largest absolute Gasteiger partial charge is 0.454 e. The van der Waals surface area contributed by atoms with Crippen LogP contribution >= 0.6 is 0 Å². The molecule has 6 nitrogen and oxygen atoms in total. The lowest BCUT2D eigenvalue weighted by atomic mass is 10.2. The number of nitrogens with zero attached hydrogens (tertiary/aromatic N) is 1. The summed E-state index contributed by atoms with van der Waals surface area (Å²) in [6, 6.07) is 10.8. The molecule has 2 aromatic rings. The molecule has 0 radical (unpaired) electrons. The zero-order chi connectivity index (χ0) is 18.8. The van der Waals surface area contributed by atoms with Gasteiger partial charge in [0.2, 0.25) is 18.6 Å². The molecule has 2 heterocycles. The van der Waals surface area contributed by atoms with E-state index in [1.165, 1.54) is 18.2 Å². The molecule has 1 saturated heterocycles. The summed E-state index contributed by atoms with van der Waals surface area (Å²) < 4.78 is 23.6. The van der Waals surface area contributed by atoms with Crippen LogP contribution in [0.4, 0.5) is 10.1 Å². The summed E-state index contributed by atoms with van der Waals surface area (Å²) in [5.74, 6) is 0.581. The number of hydrogen-bond donors (Lipinski definition) is 1. The topological polar surface area (TPSA) is 67.9 Å². The van der Waals surface area contributed by atoms with E-state index < -0.39 is 0 Å². The predicted molar refractivity (Wildman–Crippen MR) is 96.9 cm³/mol. The third-order valence-electron chi connectivity index (χ3n) is 4.43. The van der Waals surface area contributed by atoms with Crippen molar-refractivity contribution in [3.8, 4) is 11.5 Å². The molecule has 0 unspecified atom stereocenters. The summed E-state index contributed by atoms with van der Waals surface area (Å²) in [6.45, 7) is 0.553. The Morgan fingerprint density at radius 2 is 1.93 bits per heavy atom. The Kier molecular flexibility index (Phi) is 4.50. The number of benzene rings is 2. The van der Waals surface area contributed by atoms with Crippen LogP contribution in [0.3, 0.4) is 0 Å². The molecule has 0 spiro atoms. The SMILES string of the molecule is O=C(/C=C\c1ccc2c(c1)OCO2)N[C@@H]1CC(=O)N(c2ccc(F)cc2)C1. The van der Waals surface area contributed by atoms with Crippen LogP contribution in [0.1, 0.15) is 12.0 Å². The molecule has 0 aliphatic carbocycles. The maximum Gasteiger partial charge on any atom is 0.244 e. The first kappa shape index (κ1) is 17.1. The van der Waals surface area contributed by atoms with Crippen LogP contribution in [0.2, 0.25) is 0 Å². The summed E-state index contributed by atoms with van der Waals surface area (Å²) in [4.78, 5) is 25.9. The Morgan fingerprint density at radius 3 is 2.74 bits per heavy atom. The van der Waals surface area contributed by atoms with Gasteiger partial charge in [-0.25, -0.2) is 4.39 Å². The van der Waals surface area contributed by atoms with E-state index in [0.717, 1.165) is 5.56 Å². The van der Waals surface area contributed by atoms with Crippen molar-refractivity contribution in [1.82, 2.24) is 5.32 Å². The average molecular weight is 368 g/mol. The highest BCUT2D eigenvalue weighted by molar-refractivity contribution is 5.98. The molecule has 1 N–H and O–H groups in total. The van der Waals surface area contributed by atoms with Crippen molar-refractivity contribution in [2.75, 3.05) is 18.2 Å². The first-order valence-corrected chi connectivity index (χ1v) is 8.53. The minimum atomic E-state index is -0.357. The van der Waals surface area contributed by atoms with Crippen molar-refractivity contribution in [3.63, 3.8) is 0 Å². The first-order chi connectivity index (χ1) is 13.1. The number of hydrogen-bond acceptors (Lipinski definition) is 4. The number of carbonyl (C=O) groups is 2. The van der Waals surface area contributed by atoms with Crippen molar-refractivity contribution < 1.29 is 23.5 Å². The fraction of sp³-hybridized carbons (Fsp3) is 0.200. The highest BCUT2D eigenvalue weighted by Crippen LogP contribution is 2.32. The molecule has 7 heteroatoms. The third-order valence-corrected chi connectivity index (χ3v) is 4.43. The van der Waals surface area contributed by atoms with E-state index in [2.05, 4.69) is 5.32 Å². The molecule has 1 atom stereocenters. The first-order valence-electron chi connectivity index (χ1n) is 8.53. The number of ether oxygens (including phenoxy) is 2. The maximum atomic E-state index is 13.0. The van der Waals surface area contributed by atoms with Gasteiger partial charge in [-0.1, -0.05) is 6.07 Å². The van der Waals surface area contributed by atoms with Crippen molar-refractivity contribution in [1.29, 1.82) is 0 Å². The third kappa shape index (κ3) is 3.76. The highest BCUT2D eigenvalue weighted by Gasteiger charge is 2.31. The van der Waals surface area contributed by atoms with Gasteiger partial charge in [0, 0.05) is 24.7 Å². The summed E-state index contributed by atoms with van der Waals surface area (Å²) in [6.07, 6.45) is 3.30. The molecular weight excluding hydrogens is 351 g/mol. The van der Waals surface area contributed by atoms with E-state index >= 15 is 0 Å². The van der Waals surface area contributed by atoms with Gasteiger partial charge in [-0.05, 0) is 48.0 Å². The van der Waals surface area contributed by atoms with Crippen LogP contribution in [0.5, 0.6) is 11.5 Å². The van der Waals surface area contributed by atoms with Crippen molar-refractivity contribution in [2.45, 2.75) is 12.5 Å². The Morgan fingerprint density at radius 1 is 1.15 bits per heavy atom. The fourth-order valence-corrected chi connectivity index (χ4v) is 3.11. The number of nitrogens with one attached hydrogen (secondary N) is 1. The van der Waals surface area contributed by atoms with E-state index in [0.29, 0.717) is 23.7 Å². The molecule has 1 fully saturated rings. The monoisotopic (exact) mass is 368 g/mol. The van der Waals surface area contributed by atoms with Crippen LogP contribution < -0.4 is 19.7 Å². The smallest absolute Gasteiger partial charge is 0.244 e. The van der Waals surface area contributed by atoms with Gasteiger partial charge in [0.05, 0.1) is 6.04 Å². The molecule has 0 aromatic heterocycles. The quantitative estimate of drug-likeness (QED) is 0.842. The zero-order valence-electron chi connectivity index (χ0n) is 14.4. The van der Waals surface area contributed by atoms with E-state index in [-0.39, 0.29) is 36.9 Å². The second kappa shape index (κ2) is 7.11. The van der Waals surface area contributed by atoms with Crippen molar-refractivity contribution in [3.05, 3.63) is 59.9 Å². The molecule has 27 heavy (non-hydrogen) atoms. The summed E-state index contributed by atoms with van der Waals surface area (Å²) in [7, 11) is 0. The molecule has 2 amide bonds. The van der Waals surface area contributed by atoms with Crippen LogP contribution in [0, 0.1) is 5.82 Å². The van der Waals surface area contributed by atoms with Gasteiger partial charge in [0.1, 0.15) is 5.82 Å². The number of carbonyl (C=O) groups excluding carboxylic acids is 2. The van der Waals surface area contributed by atoms with Gasteiger partial charge in [-0.15, -0.1) is 0 Å². The molecule has 2 aromatic carbocycles. The Bertz CT molecular complexity index is 911. The van der Waals surface area contributed by atoms with Crippen molar-refractivity contribution in [2.24, 2.45) is 0 Å². The van der Waals surface area contributed by atoms with E-state index in [9.17, 15) is 14.0 Å². The lowest BCUT2D eigenvalue weighted by molar-refractivity contribution is -0.117. The van der Waals surface area contributed by atoms with Gasteiger partial charge >= 0.3 is 0 Å². The van der Waals surface area contributed by atoms with E-state index in [1.807, 2.05) is 6.07 Å².